The highest BCUT2D eigenvalue weighted by molar-refractivity contribution is 5.78. The molecular formula is C9H17N5O2. The van der Waals surface area contributed by atoms with E-state index in [2.05, 4.69) is 20.8 Å². The molecule has 1 rings (SSSR count). The Labute approximate surface area is 93.8 Å². The van der Waals surface area contributed by atoms with Crippen LogP contribution in [0.5, 0.6) is 0 Å². The minimum absolute atomic E-state index is 0.0186. The third kappa shape index (κ3) is 4.74. The molecule has 7 heteroatoms. The first-order valence-electron chi connectivity index (χ1n) is 4.96. The molecule has 16 heavy (non-hydrogen) atoms. The molecule has 0 radical (unpaired) electrons. The fourth-order valence-electron chi connectivity index (χ4n) is 0.900. The second-order valence-corrected chi connectivity index (χ2v) is 4.42. The summed E-state index contributed by atoms with van der Waals surface area (Å²) in [5.74, 6) is -0.0190. The Morgan fingerprint density at radius 2 is 2.12 bits per heavy atom. The summed E-state index contributed by atoms with van der Waals surface area (Å²) in [6.07, 6.45) is 0. The molecule has 1 aromatic rings. The van der Waals surface area contributed by atoms with Gasteiger partial charge >= 0.3 is 6.01 Å². The molecule has 1 aromatic heterocycles. The topological polar surface area (TPSA) is 106 Å². The largest absolute Gasteiger partial charge is 0.407 e. The molecule has 0 spiro atoms. The first kappa shape index (κ1) is 12.4. The van der Waals surface area contributed by atoms with Crippen molar-refractivity contribution < 1.29 is 9.21 Å². The zero-order valence-corrected chi connectivity index (χ0v) is 9.70. The Morgan fingerprint density at radius 1 is 1.44 bits per heavy atom. The van der Waals surface area contributed by atoms with Crippen LogP contribution in [0.15, 0.2) is 4.42 Å². The van der Waals surface area contributed by atoms with Gasteiger partial charge in [-0.3, -0.25) is 4.79 Å². The zero-order chi connectivity index (χ0) is 12.2. The molecule has 0 fully saturated rings. The van der Waals surface area contributed by atoms with Crippen molar-refractivity contribution in [3.05, 3.63) is 5.89 Å². The van der Waals surface area contributed by atoms with Crippen LogP contribution >= 0.6 is 0 Å². The van der Waals surface area contributed by atoms with E-state index in [9.17, 15) is 4.79 Å². The Hall–Kier alpha value is -1.63. The van der Waals surface area contributed by atoms with Crippen LogP contribution in [0.3, 0.4) is 0 Å². The standard InChI is InChI=1S/C9H17N5O2/c1-9(2,3)12-5-7-13-14-8(16-7)11-4-6(10)15/h12H,4-5H2,1-3H3,(H2,10,15)(H,11,14). The van der Waals surface area contributed by atoms with Crippen LogP contribution in [-0.2, 0) is 11.3 Å². The fraction of sp³-hybridized carbons (Fsp3) is 0.667. The van der Waals surface area contributed by atoms with Crippen molar-refractivity contribution in [2.75, 3.05) is 11.9 Å². The van der Waals surface area contributed by atoms with Crippen molar-refractivity contribution >= 4 is 11.9 Å². The average molecular weight is 227 g/mol. The van der Waals surface area contributed by atoms with Crippen LogP contribution in [0.25, 0.3) is 0 Å². The normalized spacial score (nSPS) is 11.4. The summed E-state index contributed by atoms with van der Waals surface area (Å²) in [6, 6.07) is 0.199. The van der Waals surface area contributed by atoms with E-state index in [0.717, 1.165) is 0 Å². The SMILES string of the molecule is CC(C)(C)NCc1nnc(NCC(N)=O)o1. The molecule has 7 nitrogen and oxygen atoms in total. The quantitative estimate of drug-likeness (QED) is 0.646. The van der Waals surface area contributed by atoms with Crippen LogP contribution in [0, 0.1) is 0 Å². The number of amides is 1. The number of hydrogen-bond acceptors (Lipinski definition) is 6. The number of rotatable bonds is 5. The Bertz CT molecular complexity index is 355. The number of carbonyl (C=O) groups excluding carboxylic acids is 1. The lowest BCUT2D eigenvalue weighted by molar-refractivity contribution is -0.116. The van der Waals surface area contributed by atoms with Gasteiger partial charge in [0.1, 0.15) is 0 Å². The third-order valence-corrected chi connectivity index (χ3v) is 1.65. The fourth-order valence-corrected chi connectivity index (χ4v) is 0.900. The second kappa shape index (κ2) is 4.93. The summed E-state index contributed by atoms with van der Waals surface area (Å²) < 4.78 is 5.23. The van der Waals surface area contributed by atoms with Crippen LogP contribution < -0.4 is 16.4 Å². The van der Waals surface area contributed by atoms with E-state index >= 15 is 0 Å². The maximum atomic E-state index is 10.5. The summed E-state index contributed by atoms with van der Waals surface area (Å²) in [6.45, 7) is 6.57. The highest BCUT2D eigenvalue weighted by atomic mass is 16.4. The number of nitrogens with two attached hydrogens (primary N) is 1. The summed E-state index contributed by atoms with van der Waals surface area (Å²) >= 11 is 0. The number of primary amides is 1. The number of hydrogen-bond donors (Lipinski definition) is 3. The average Bonchev–Trinajstić information content (AvgIpc) is 2.58. The molecule has 0 atom stereocenters. The molecule has 4 N–H and O–H groups in total. The summed E-state index contributed by atoms with van der Waals surface area (Å²) in [4.78, 5) is 10.5. The van der Waals surface area contributed by atoms with Crippen molar-refractivity contribution in [1.29, 1.82) is 0 Å². The molecule has 90 valence electrons. The number of nitrogens with one attached hydrogen (secondary N) is 2. The number of aromatic nitrogens is 2. The van der Waals surface area contributed by atoms with E-state index in [1.165, 1.54) is 0 Å². The van der Waals surface area contributed by atoms with Crippen molar-refractivity contribution in [2.24, 2.45) is 5.73 Å². The minimum atomic E-state index is -0.479. The molecule has 0 saturated carbocycles. The number of anilines is 1. The number of nitrogens with zero attached hydrogens (tertiary/aromatic N) is 2. The van der Waals surface area contributed by atoms with Crippen LogP contribution in [0.2, 0.25) is 0 Å². The monoisotopic (exact) mass is 227 g/mol. The molecule has 0 saturated heterocycles. The Kier molecular flexibility index (Phi) is 3.83. The van der Waals surface area contributed by atoms with E-state index in [1.807, 2.05) is 20.8 Å². The van der Waals surface area contributed by atoms with E-state index in [4.69, 9.17) is 10.2 Å². The molecule has 0 aromatic carbocycles. The van der Waals surface area contributed by atoms with Gasteiger partial charge in [0, 0.05) is 5.54 Å². The Morgan fingerprint density at radius 3 is 2.69 bits per heavy atom. The molecule has 1 amide bonds. The van der Waals surface area contributed by atoms with Crippen molar-refractivity contribution in [3.63, 3.8) is 0 Å². The lowest BCUT2D eigenvalue weighted by Crippen LogP contribution is -2.35. The molecule has 0 aliphatic heterocycles. The van der Waals surface area contributed by atoms with E-state index < -0.39 is 5.91 Å². The minimum Gasteiger partial charge on any atom is -0.407 e. The maximum Gasteiger partial charge on any atom is 0.315 e. The summed E-state index contributed by atoms with van der Waals surface area (Å²) in [7, 11) is 0. The van der Waals surface area contributed by atoms with Gasteiger partial charge in [0.2, 0.25) is 11.8 Å². The Balaban J connectivity index is 2.42. The second-order valence-electron chi connectivity index (χ2n) is 4.42. The maximum absolute atomic E-state index is 10.5. The van der Waals surface area contributed by atoms with Crippen molar-refractivity contribution in [2.45, 2.75) is 32.9 Å². The van der Waals surface area contributed by atoms with Gasteiger partial charge in [-0.2, -0.15) is 0 Å². The summed E-state index contributed by atoms with van der Waals surface area (Å²) in [5.41, 5.74) is 4.94. The summed E-state index contributed by atoms with van der Waals surface area (Å²) in [5, 5.41) is 13.3. The molecular weight excluding hydrogens is 210 g/mol. The number of carbonyl (C=O) groups is 1. The predicted octanol–water partition coefficient (Wildman–Crippen LogP) is -0.145. The van der Waals surface area contributed by atoms with Gasteiger partial charge < -0.3 is 20.8 Å². The first-order chi connectivity index (χ1) is 7.37. The third-order valence-electron chi connectivity index (χ3n) is 1.65. The molecule has 0 unspecified atom stereocenters. The van der Waals surface area contributed by atoms with Crippen molar-refractivity contribution in [3.8, 4) is 0 Å². The lowest BCUT2D eigenvalue weighted by atomic mass is 10.1. The van der Waals surface area contributed by atoms with Gasteiger partial charge in [-0.25, -0.2) is 0 Å². The molecule has 0 aliphatic rings. The lowest BCUT2D eigenvalue weighted by Gasteiger charge is -2.18. The highest BCUT2D eigenvalue weighted by Crippen LogP contribution is 2.06. The first-order valence-corrected chi connectivity index (χ1v) is 4.96. The van der Waals surface area contributed by atoms with Gasteiger partial charge in [0.25, 0.3) is 0 Å². The zero-order valence-electron chi connectivity index (χ0n) is 9.70. The van der Waals surface area contributed by atoms with Gasteiger partial charge in [-0.05, 0) is 20.8 Å². The van der Waals surface area contributed by atoms with Crippen LogP contribution in [0.4, 0.5) is 6.01 Å². The van der Waals surface area contributed by atoms with Gasteiger partial charge in [0.05, 0.1) is 13.1 Å². The van der Waals surface area contributed by atoms with Gasteiger partial charge in [0.15, 0.2) is 0 Å². The highest BCUT2D eigenvalue weighted by Gasteiger charge is 2.12. The molecule has 0 aliphatic carbocycles. The van der Waals surface area contributed by atoms with E-state index in [0.29, 0.717) is 12.4 Å². The molecule has 0 bridgehead atoms. The van der Waals surface area contributed by atoms with Crippen LogP contribution in [-0.4, -0.2) is 28.2 Å². The molecule has 1 heterocycles. The van der Waals surface area contributed by atoms with Gasteiger partial charge in [-0.15, -0.1) is 5.10 Å². The van der Waals surface area contributed by atoms with Gasteiger partial charge in [-0.1, -0.05) is 5.10 Å². The van der Waals surface area contributed by atoms with Crippen LogP contribution in [0.1, 0.15) is 26.7 Å². The van der Waals surface area contributed by atoms with E-state index in [1.54, 1.807) is 0 Å². The predicted molar refractivity (Wildman–Crippen MR) is 58.6 cm³/mol. The van der Waals surface area contributed by atoms with E-state index in [-0.39, 0.29) is 18.1 Å². The van der Waals surface area contributed by atoms with Crippen molar-refractivity contribution in [1.82, 2.24) is 15.5 Å². The smallest absolute Gasteiger partial charge is 0.315 e.